The Labute approximate surface area is 127 Å². The van der Waals surface area contributed by atoms with Crippen molar-refractivity contribution in [2.75, 3.05) is 0 Å². The Morgan fingerprint density at radius 3 is 2.20 bits per heavy atom. The lowest BCUT2D eigenvalue weighted by Gasteiger charge is -2.40. The summed E-state index contributed by atoms with van der Waals surface area (Å²) in [5, 5.41) is 0. The van der Waals surface area contributed by atoms with Gasteiger partial charge < -0.3 is 0 Å². The molecule has 0 nitrogen and oxygen atoms in total. The van der Waals surface area contributed by atoms with Gasteiger partial charge in [0, 0.05) is 0 Å². The van der Waals surface area contributed by atoms with Gasteiger partial charge >= 0.3 is 0 Å². The van der Waals surface area contributed by atoms with Gasteiger partial charge in [-0.25, -0.2) is 0 Å². The summed E-state index contributed by atoms with van der Waals surface area (Å²) in [4.78, 5) is 0. The van der Waals surface area contributed by atoms with Gasteiger partial charge in [-0.05, 0) is 30.3 Å². The molecule has 0 bridgehead atoms. The van der Waals surface area contributed by atoms with E-state index >= 15 is 0 Å². The molecule has 0 heterocycles. The van der Waals surface area contributed by atoms with Crippen LogP contribution in [0.5, 0.6) is 0 Å². The first-order chi connectivity index (χ1) is 9.35. The molecule has 1 fully saturated rings. The molecule has 0 spiro atoms. The molecular weight excluding hydrogens is 239 g/mol. The predicted octanol–water partition coefficient (Wildman–Crippen LogP) is 5.80. The summed E-state index contributed by atoms with van der Waals surface area (Å²) in [6.45, 7) is 18.0. The Kier molecular flexibility index (Phi) is 6.85. The number of rotatable bonds is 7. The van der Waals surface area contributed by atoms with Crippen molar-refractivity contribution in [3.05, 3.63) is 36.0 Å². The molecule has 0 aromatic heterocycles. The summed E-state index contributed by atoms with van der Waals surface area (Å²) in [5.41, 5.74) is 2.72. The fraction of sp³-hybridized carbons (Fsp3) is 0.684. The van der Waals surface area contributed by atoms with E-state index in [0.29, 0.717) is 11.8 Å². The maximum Gasteiger partial charge on any atom is 0.126 e. The molecule has 0 radical (unpaired) electrons. The van der Waals surface area contributed by atoms with E-state index in [2.05, 4.69) is 66.3 Å². The summed E-state index contributed by atoms with van der Waals surface area (Å²) in [6.07, 6.45) is 9.50. The van der Waals surface area contributed by atoms with Crippen LogP contribution in [0.2, 0.25) is 11.6 Å². The second-order valence-electron chi connectivity index (χ2n) is 7.39. The lowest BCUT2D eigenvalue weighted by molar-refractivity contribution is 0.247. The highest BCUT2D eigenvalue weighted by Crippen LogP contribution is 2.46. The highest BCUT2D eigenvalue weighted by Gasteiger charge is 2.34. The third kappa shape index (κ3) is 5.00. The minimum absolute atomic E-state index is 0.574. The first-order valence-corrected chi connectivity index (χ1v) is 8.38. The molecule has 0 aliphatic heterocycles. The van der Waals surface area contributed by atoms with Crippen LogP contribution < -0.4 is 0 Å². The lowest BCUT2D eigenvalue weighted by atomic mass is 9.45. The van der Waals surface area contributed by atoms with Crippen LogP contribution in [0.1, 0.15) is 54.4 Å². The largest absolute Gasteiger partial charge is 0.126 e. The minimum Gasteiger partial charge on any atom is -0.0955 e. The molecule has 0 amide bonds. The number of hydrogen-bond donors (Lipinski definition) is 0. The van der Waals surface area contributed by atoms with E-state index in [1.165, 1.54) is 31.3 Å². The Balaban J connectivity index is 2.54. The molecule has 0 N–H and O–H groups in total. The van der Waals surface area contributed by atoms with Gasteiger partial charge in [-0.15, -0.1) is 0 Å². The Hall–Kier alpha value is -0.715. The first-order valence-electron chi connectivity index (χ1n) is 8.38. The summed E-state index contributed by atoms with van der Waals surface area (Å²) in [6, 6.07) is 0. The molecule has 20 heavy (non-hydrogen) atoms. The second-order valence-corrected chi connectivity index (χ2v) is 7.39. The van der Waals surface area contributed by atoms with E-state index in [-0.39, 0.29) is 0 Å². The third-order valence-electron chi connectivity index (χ3n) is 4.75. The van der Waals surface area contributed by atoms with Gasteiger partial charge in [0.15, 0.2) is 0 Å². The predicted molar refractivity (Wildman–Crippen MR) is 94.8 cm³/mol. The van der Waals surface area contributed by atoms with Gasteiger partial charge in [0.2, 0.25) is 0 Å². The molecule has 1 saturated carbocycles. The number of hydrogen-bond acceptors (Lipinski definition) is 0. The minimum atomic E-state index is 0.574. The molecular formula is C19H33B. The monoisotopic (exact) mass is 272 g/mol. The van der Waals surface area contributed by atoms with Gasteiger partial charge in [-0.3, -0.25) is 0 Å². The van der Waals surface area contributed by atoms with Crippen LogP contribution in [0.15, 0.2) is 36.0 Å². The lowest BCUT2D eigenvalue weighted by Crippen LogP contribution is -2.29. The molecule has 1 atom stereocenters. The van der Waals surface area contributed by atoms with Crippen LogP contribution in [0.25, 0.3) is 0 Å². The van der Waals surface area contributed by atoms with Crippen molar-refractivity contribution < 1.29 is 0 Å². The average Bonchev–Trinajstić information content (AvgIpc) is 2.31. The number of allylic oxidation sites excluding steroid dienone is 5. The zero-order chi connectivity index (χ0) is 15.3. The third-order valence-corrected chi connectivity index (χ3v) is 4.75. The zero-order valence-electron chi connectivity index (χ0n) is 14.4. The van der Waals surface area contributed by atoms with Gasteiger partial charge in [0.1, 0.15) is 7.28 Å². The van der Waals surface area contributed by atoms with E-state index in [4.69, 9.17) is 0 Å². The van der Waals surface area contributed by atoms with Crippen LogP contribution in [-0.4, -0.2) is 7.28 Å². The first kappa shape index (κ1) is 17.3. The van der Waals surface area contributed by atoms with Crippen molar-refractivity contribution in [3.63, 3.8) is 0 Å². The normalized spacial score (nSPS) is 25.1. The Bertz CT molecular complexity index is 367. The van der Waals surface area contributed by atoms with Crippen LogP contribution in [-0.2, 0) is 0 Å². The zero-order valence-corrected chi connectivity index (χ0v) is 14.4. The van der Waals surface area contributed by atoms with Crippen molar-refractivity contribution in [2.24, 2.45) is 17.8 Å². The topological polar surface area (TPSA) is 0 Å². The quantitative estimate of drug-likeness (QED) is 0.406. The van der Waals surface area contributed by atoms with Gasteiger partial charge in [0.05, 0.1) is 0 Å². The second kappa shape index (κ2) is 7.91. The van der Waals surface area contributed by atoms with Crippen molar-refractivity contribution >= 4 is 7.28 Å². The summed E-state index contributed by atoms with van der Waals surface area (Å²) in [5.74, 6) is 3.89. The van der Waals surface area contributed by atoms with Gasteiger partial charge in [0.25, 0.3) is 0 Å². The van der Waals surface area contributed by atoms with Crippen molar-refractivity contribution in [2.45, 2.75) is 66.0 Å². The van der Waals surface area contributed by atoms with E-state index in [9.17, 15) is 0 Å². The molecule has 1 heteroatoms. The SMILES string of the molecule is C=C(/C=C(\C=C/C)C(C)C)C(C)C1CC(BC(C)C)C1. The molecule has 1 unspecified atom stereocenters. The van der Waals surface area contributed by atoms with Crippen LogP contribution in [0.4, 0.5) is 0 Å². The van der Waals surface area contributed by atoms with E-state index < -0.39 is 0 Å². The standard InChI is InChI=1S/C19H33B/c1-8-9-17(13(2)3)10-15(6)16(7)18-11-19(12-18)20-14(4)5/h8-10,13-14,16,18-20H,6,11-12H2,1-5,7H3/b9-8-,17-10+. The Morgan fingerprint density at radius 2 is 1.75 bits per heavy atom. The summed E-state index contributed by atoms with van der Waals surface area (Å²) < 4.78 is 0. The van der Waals surface area contributed by atoms with Crippen LogP contribution in [0.3, 0.4) is 0 Å². The smallest absolute Gasteiger partial charge is 0.0955 e. The molecule has 0 aromatic carbocycles. The van der Waals surface area contributed by atoms with Gasteiger partial charge in [-0.2, -0.15) is 0 Å². The maximum absolute atomic E-state index is 4.34. The van der Waals surface area contributed by atoms with Crippen LogP contribution in [0, 0.1) is 17.8 Å². The summed E-state index contributed by atoms with van der Waals surface area (Å²) >= 11 is 0. The summed E-state index contributed by atoms with van der Waals surface area (Å²) in [7, 11) is 1.40. The molecule has 0 saturated heterocycles. The molecule has 1 aliphatic carbocycles. The maximum atomic E-state index is 4.34. The van der Waals surface area contributed by atoms with E-state index in [1.807, 2.05) is 0 Å². The fourth-order valence-electron chi connectivity index (χ4n) is 3.30. The molecule has 0 aromatic rings. The van der Waals surface area contributed by atoms with E-state index in [0.717, 1.165) is 17.6 Å². The molecule has 1 aliphatic rings. The highest BCUT2D eigenvalue weighted by atomic mass is 14.3. The average molecular weight is 272 g/mol. The van der Waals surface area contributed by atoms with Crippen LogP contribution >= 0.6 is 0 Å². The van der Waals surface area contributed by atoms with Crippen molar-refractivity contribution in [1.29, 1.82) is 0 Å². The van der Waals surface area contributed by atoms with E-state index in [1.54, 1.807) is 0 Å². The van der Waals surface area contributed by atoms with Crippen molar-refractivity contribution in [3.8, 4) is 0 Å². The van der Waals surface area contributed by atoms with Crippen molar-refractivity contribution in [1.82, 2.24) is 0 Å². The molecule has 112 valence electrons. The van der Waals surface area contributed by atoms with Gasteiger partial charge in [-0.1, -0.05) is 89.5 Å². The fourth-order valence-corrected chi connectivity index (χ4v) is 3.30. The molecule has 1 rings (SSSR count). The Morgan fingerprint density at radius 1 is 1.15 bits per heavy atom. The highest BCUT2D eigenvalue weighted by molar-refractivity contribution is 6.39.